The molecule has 1 atom stereocenters. The number of carbonyl (C=O) groups is 1. The Morgan fingerprint density at radius 2 is 1.77 bits per heavy atom. The van der Waals surface area contributed by atoms with Crippen molar-refractivity contribution in [3.63, 3.8) is 0 Å². The molecule has 3 rings (SSSR count). The lowest BCUT2D eigenvalue weighted by Gasteiger charge is -2.46. The average Bonchev–Trinajstić information content (AvgIpc) is 2.71. The zero-order chi connectivity index (χ0) is 21.6. The Hall–Kier alpha value is -2.33. The number of carbonyl (C=O) groups excluding carboxylic acids is 1. The van der Waals surface area contributed by atoms with Crippen LogP contribution in [-0.4, -0.2) is 36.7 Å². The van der Waals surface area contributed by atoms with Crippen molar-refractivity contribution in [3.05, 3.63) is 65.7 Å². The molecule has 1 saturated heterocycles. The van der Waals surface area contributed by atoms with Crippen molar-refractivity contribution in [2.24, 2.45) is 5.41 Å². The number of ether oxygens (including phenoxy) is 2. The summed E-state index contributed by atoms with van der Waals surface area (Å²) in [4.78, 5) is 14.4. The Labute approximate surface area is 181 Å². The zero-order valence-corrected chi connectivity index (χ0v) is 18.8. The van der Waals surface area contributed by atoms with Gasteiger partial charge in [-0.1, -0.05) is 42.5 Å². The summed E-state index contributed by atoms with van der Waals surface area (Å²) in [6.45, 7) is 8.20. The van der Waals surface area contributed by atoms with E-state index in [-0.39, 0.29) is 16.9 Å². The highest BCUT2D eigenvalue weighted by molar-refractivity contribution is 5.73. The largest absolute Gasteiger partial charge is 0.497 e. The van der Waals surface area contributed by atoms with Gasteiger partial charge in [-0.25, -0.2) is 0 Å². The number of rotatable bonds is 8. The van der Waals surface area contributed by atoms with E-state index in [4.69, 9.17) is 9.47 Å². The molecule has 0 spiro atoms. The molecule has 4 nitrogen and oxygen atoms in total. The molecule has 30 heavy (non-hydrogen) atoms. The van der Waals surface area contributed by atoms with E-state index in [9.17, 15) is 4.79 Å². The van der Waals surface area contributed by atoms with Crippen molar-refractivity contribution in [3.8, 4) is 5.75 Å². The average molecular weight is 410 g/mol. The molecule has 1 amide bonds. The van der Waals surface area contributed by atoms with E-state index in [1.54, 1.807) is 14.0 Å². The predicted octanol–water partition coefficient (Wildman–Crippen LogP) is 5.25. The van der Waals surface area contributed by atoms with Crippen LogP contribution in [0.15, 0.2) is 54.6 Å². The second-order valence-electron chi connectivity index (χ2n) is 9.24. The summed E-state index contributed by atoms with van der Waals surface area (Å²) in [5, 5.41) is 0. The van der Waals surface area contributed by atoms with Gasteiger partial charge in [0, 0.05) is 26.6 Å². The third-order valence-corrected chi connectivity index (χ3v) is 6.24. The second-order valence-corrected chi connectivity index (χ2v) is 9.24. The van der Waals surface area contributed by atoms with Gasteiger partial charge in [-0.3, -0.25) is 4.79 Å². The first kappa shape index (κ1) is 22.4. The molecule has 0 bridgehead atoms. The molecule has 1 unspecified atom stereocenters. The van der Waals surface area contributed by atoms with Gasteiger partial charge in [-0.15, -0.1) is 0 Å². The van der Waals surface area contributed by atoms with E-state index in [1.165, 1.54) is 5.56 Å². The van der Waals surface area contributed by atoms with Crippen molar-refractivity contribution in [2.75, 3.05) is 20.3 Å². The number of hydrogen-bond donors (Lipinski definition) is 0. The maximum atomic E-state index is 12.4. The summed E-state index contributed by atoms with van der Waals surface area (Å²) in [7, 11) is 1.67. The smallest absolute Gasteiger partial charge is 0.219 e. The Morgan fingerprint density at radius 1 is 1.07 bits per heavy atom. The molecular weight excluding hydrogens is 374 g/mol. The van der Waals surface area contributed by atoms with E-state index < -0.39 is 0 Å². The van der Waals surface area contributed by atoms with Gasteiger partial charge in [-0.05, 0) is 68.2 Å². The first-order chi connectivity index (χ1) is 14.3. The topological polar surface area (TPSA) is 38.8 Å². The third kappa shape index (κ3) is 6.09. The number of hydrogen-bond acceptors (Lipinski definition) is 3. The van der Waals surface area contributed by atoms with E-state index in [0.717, 1.165) is 50.1 Å². The minimum atomic E-state index is -0.135. The van der Waals surface area contributed by atoms with Crippen molar-refractivity contribution in [2.45, 2.75) is 58.6 Å². The SMILES string of the molecule is COc1ccc(CN(CCC2(Cc3ccccc3)CCOC(C)(C)C2)C(C)=O)cc1. The quantitative estimate of drug-likeness (QED) is 0.598. The molecule has 0 aromatic heterocycles. The second kappa shape index (κ2) is 9.65. The van der Waals surface area contributed by atoms with Crippen LogP contribution in [0.3, 0.4) is 0 Å². The van der Waals surface area contributed by atoms with Gasteiger partial charge < -0.3 is 14.4 Å². The van der Waals surface area contributed by atoms with Crippen molar-refractivity contribution in [1.29, 1.82) is 0 Å². The first-order valence-corrected chi connectivity index (χ1v) is 10.9. The molecule has 0 aliphatic carbocycles. The van der Waals surface area contributed by atoms with Crippen LogP contribution < -0.4 is 4.74 Å². The highest BCUT2D eigenvalue weighted by Crippen LogP contribution is 2.44. The van der Waals surface area contributed by atoms with E-state index in [2.05, 4.69) is 44.2 Å². The Bertz CT molecular complexity index is 816. The fourth-order valence-electron chi connectivity index (χ4n) is 4.74. The van der Waals surface area contributed by atoms with Crippen LogP contribution >= 0.6 is 0 Å². The summed E-state index contributed by atoms with van der Waals surface area (Å²) in [5.41, 5.74) is 2.48. The van der Waals surface area contributed by atoms with Gasteiger partial charge in [0.1, 0.15) is 5.75 Å². The van der Waals surface area contributed by atoms with Crippen LogP contribution in [0.2, 0.25) is 0 Å². The standard InChI is InChI=1S/C26H35NO3/c1-21(28)27(19-23-10-12-24(29-4)13-11-23)16-14-26(15-17-30-25(2,3)20-26)18-22-8-6-5-7-9-22/h5-13H,14-20H2,1-4H3. The molecule has 4 heteroatoms. The summed E-state index contributed by atoms with van der Waals surface area (Å²) in [6.07, 6.45) is 4.03. The summed E-state index contributed by atoms with van der Waals surface area (Å²) in [6, 6.07) is 18.7. The van der Waals surface area contributed by atoms with Crippen LogP contribution in [0.4, 0.5) is 0 Å². The highest BCUT2D eigenvalue weighted by atomic mass is 16.5. The Kier molecular flexibility index (Phi) is 7.19. The molecule has 0 saturated carbocycles. The van der Waals surface area contributed by atoms with Crippen molar-refractivity contribution in [1.82, 2.24) is 4.90 Å². The van der Waals surface area contributed by atoms with Gasteiger partial charge >= 0.3 is 0 Å². The minimum absolute atomic E-state index is 0.118. The Morgan fingerprint density at radius 3 is 2.37 bits per heavy atom. The van der Waals surface area contributed by atoms with E-state index in [1.807, 2.05) is 29.2 Å². The van der Waals surface area contributed by atoms with Crippen LogP contribution in [-0.2, 0) is 22.5 Å². The number of methoxy groups -OCH3 is 1. The normalized spacial score (nSPS) is 20.5. The number of amides is 1. The number of nitrogens with zero attached hydrogens (tertiary/aromatic N) is 1. The van der Waals surface area contributed by atoms with Crippen molar-refractivity contribution < 1.29 is 14.3 Å². The molecular formula is C26H35NO3. The lowest BCUT2D eigenvalue weighted by molar-refractivity contribution is -0.131. The van der Waals surface area contributed by atoms with Gasteiger partial charge in [-0.2, -0.15) is 0 Å². The molecule has 1 heterocycles. The van der Waals surface area contributed by atoms with Gasteiger partial charge in [0.15, 0.2) is 0 Å². The maximum Gasteiger partial charge on any atom is 0.219 e. The summed E-state index contributed by atoms with van der Waals surface area (Å²) in [5.74, 6) is 0.950. The van der Waals surface area contributed by atoms with Crippen LogP contribution in [0.25, 0.3) is 0 Å². The van der Waals surface area contributed by atoms with Crippen LogP contribution in [0, 0.1) is 5.41 Å². The van der Waals surface area contributed by atoms with Crippen LogP contribution in [0.1, 0.15) is 51.2 Å². The van der Waals surface area contributed by atoms with Gasteiger partial charge in [0.25, 0.3) is 0 Å². The first-order valence-electron chi connectivity index (χ1n) is 10.9. The summed E-state index contributed by atoms with van der Waals surface area (Å²) >= 11 is 0. The van der Waals surface area contributed by atoms with E-state index in [0.29, 0.717) is 6.54 Å². The molecule has 0 N–H and O–H groups in total. The molecule has 2 aromatic rings. The molecule has 2 aromatic carbocycles. The summed E-state index contributed by atoms with van der Waals surface area (Å²) < 4.78 is 11.3. The van der Waals surface area contributed by atoms with Gasteiger partial charge in [0.05, 0.1) is 12.7 Å². The monoisotopic (exact) mass is 409 g/mol. The van der Waals surface area contributed by atoms with Crippen molar-refractivity contribution >= 4 is 5.91 Å². The molecule has 162 valence electrons. The lowest BCUT2D eigenvalue weighted by Crippen LogP contribution is -2.44. The molecule has 1 aliphatic heterocycles. The predicted molar refractivity (Wildman–Crippen MR) is 121 cm³/mol. The third-order valence-electron chi connectivity index (χ3n) is 6.24. The minimum Gasteiger partial charge on any atom is -0.497 e. The zero-order valence-electron chi connectivity index (χ0n) is 18.8. The molecule has 0 radical (unpaired) electrons. The lowest BCUT2D eigenvalue weighted by atomic mass is 9.68. The molecule has 1 fully saturated rings. The number of benzene rings is 2. The highest BCUT2D eigenvalue weighted by Gasteiger charge is 2.41. The van der Waals surface area contributed by atoms with E-state index >= 15 is 0 Å². The van der Waals surface area contributed by atoms with Gasteiger partial charge in [0.2, 0.25) is 5.91 Å². The maximum absolute atomic E-state index is 12.4. The fraction of sp³-hybridized carbons (Fsp3) is 0.500. The fourth-order valence-corrected chi connectivity index (χ4v) is 4.74. The van der Waals surface area contributed by atoms with Crippen LogP contribution in [0.5, 0.6) is 5.75 Å². The Balaban J connectivity index is 1.74. The molecule has 1 aliphatic rings.